The summed E-state index contributed by atoms with van der Waals surface area (Å²) in [6.45, 7) is 3.58. The molecule has 0 aliphatic heterocycles. The third kappa shape index (κ3) is 5.19. The maximum atomic E-state index is 13.9. The minimum Gasteiger partial charge on any atom is -0.437 e. The Hall–Kier alpha value is -3.11. The number of hydrogen-bond donors (Lipinski definition) is 4. The van der Waals surface area contributed by atoms with Gasteiger partial charge >= 0.3 is 6.03 Å². The van der Waals surface area contributed by atoms with Gasteiger partial charge in [-0.1, -0.05) is 37.0 Å². The number of hydrogen-bond acceptors (Lipinski definition) is 6. The largest absolute Gasteiger partial charge is 0.437 e. The number of urea groups is 1. The first-order chi connectivity index (χ1) is 11.9. The van der Waals surface area contributed by atoms with Gasteiger partial charge in [-0.3, -0.25) is 10.1 Å². The van der Waals surface area contributed by atoms with Crippen molar-refractivity contribution >= 4 is 29.7 Å². The van der Waals surface area contributed by atoms with E-state index in [0.29, 0.717) is 0 Å². The number of H-pyrrole nitrogens is 1. The van der Waals surface area contributed by atoms with Crippen LogP contribution in [-0.4, -0.2) is 34.1 Å². The summed E-state index contributed by atoms with van der Waals surface area (Å²) in [5.74, 6) is -1.77. The predicted octanol–water partition coefficient (Wildman–Crippen LogP) is 1.89. The summed E-state index contributed by atoms with van der Waals surface area (Å²) in [4.78, 5) is 28.6. The summed E-state index contributed by atoms with van der Waals surface area (Å²) >= 11 is 4.71. The zero-order valence-corrected chi connectivity index (χ0v) is 13.9. The van der Waals surface area contributed by atoms with Crippen molar-refractivity contribution in [2.24, 2.45) is 5.73 Å². The lowest BCUT2D eigenvalue weighted by molar-refractivity contribution is -0.114. The van der Waals surface area contributed by atoms with Crippen LogP contribution in [0.15, 0.2) is 37.2 Å². The molecule has 2 aromatic rings. The van der Waals surface area contributed by atoms with Crippen molar-refractivity contribution in [1.29, 1.82) is 0 Å². The summed E-state index contributed by atoms with van der Waals surface area (Å²) in [6, 6.07) is 5.24. The molecule has 25 heavy (non-hydrogen) atoms. The number of aromatic nitrogens is 2. The van der Waals surface area contributed by atoms with Gasteiger partial charge in [-0.25, -0.2) is 9.78 Å². The van der Waals surface area contributed by atoms with Crippen molar-refractivity contribution < 1.29 is 23.8 Å². The molecule has 3 amide bonds. The number of aromatic amines is 1. The number of nitrogens with two attached hydrogens (primary N) is 1. The normalized spacial score (nSPS) is 9.40. The highest BCUT2D eigenvalue weighted by molar-refractivity contribution is 7.71. The SMILES string of the molecule is C=C(C(=O)NC(N)=O)c1ccccc1Oc1[nH]cnc(=S)c1F.CO. The van der Waals surface area contributed by atoms with Crippen LogP contribution in [-0.2, 0) is 4.79 Å². The van der Waals surface area contributed by atoms with Gasteiger partial charge in [0.25, 0.3) is 5.91 Å². The molecule has 0 spiro atoms. The number of carbonyl (C=O) groups excluding carboxylic acids is 2. The number of halogens is 1. The highest BCUT2D eigenvalue weighted by atomic mass is 32.1. The second-order valence-electron chi connectivity index (χ2n) is 4.25. The number of carbonyl (C=O) groups is 2. The molecule has 0 saturated carbocycles. The minimum absolute atomic E-state index is 0.0764. The van der Waals surface area contributed by atoms with E-state index in [0.717, 1.165) is 7.11 Å². The van der Waals surface area contributed by atoms with Crippen molar-refractivity contribution in [1.82, 2.24) is 15.3 Å². The fraction of sp³-hybridized carbons (Fsp3) is 0.0667. The number of ether oxygens (including phenoxy) is 1. The lowest BCUT2D eigenvalue weighted by atomic mass is 10.1. The number of benzene rings is 1. The van der Waals surface area contributed by atoms with Gasteiger partial charge in [0.05, 0.1) is 6.33 Å². The van der Waals surface area contributed by atoms with Crippen LogP contribution in [0.1, 0.15) is 5.56 Å². The second-order valence-corrected chi connectivity index (χ2v) is 4.63. The quantitative estimate of drug-likeness (QED) is 0.483. The molecule has 0 saturated heterocycles. The number of para-hydroxylation sites is 1. The molecule has 8 nitrogen and oxygen atoms in total. The van der Waals surface area contributed by atoms with Gasteiger partial charge in [0, 0.05) is 18.2 Å². The van der Waals surface area contributed by atoms with Crippen LogP contribution < -0.4 is 15.8 Å². The molecule has 5 N–H and O–H groups in total. The van der Waals surface area contributed by atoms with Gasteiger partial charge in [-0.15, -0.1) is 0 Å². The third-order valence-corrected chi connectivity index (χ3v) is 2.98. The number of aliphatic hydroxyl groups excluding tert-OH is 1. The van der Waals surface area contributed by atoms with E-state index in [1.165, 1.54) is 18.5 Å². The van der Waals surface area contributed by atoms with Gasteiger partial charge in [0.15, 0.2) is 4.64 Å². The Balaban J connectivity index is 0.00000151. The Bertz CT molecular complexity index is 853. The first-order valence-corrected chi connectivity index (χ1v) is 7.06. The number of nitrogens with one attached hydrogen (secondary N) is 2. The summed E-state index contributed by atoms with van der Waals surface area (Å²) in [5, 5.41) is 8.89. The maximum absolute atomic E-state index is 13.9. The smallest absolute Gasteiger partial charge is 0.319 e. The molecule has 132 valence electrons. The first kappa shape index (κ1) is 19.9. The zero-order valence-electron chi connectivity index (χ0n) is 13.1. The number of amides is 3. The number of nitrogens with zero attached hydrogens (tertiary/aromatic N) is 1. The fourth-order valence-corrected chi connectivity index (χ4v) is 1.81. The van der Waals surface area contributed by atoms with Crippen molar-refractivity contribution in [3.63, 3.8) is 0 Å². The van der Waals surface area contributed by atoms with Gasteiger partial charge in [-0.2, -0.15) is 4.39 Å². The summed E-state index contributed by atoms with van der Waals surface area (Å²) in [6.07, 6.45) is 1.18. The molecule has 1 aromatic carbocycles. The van der Waals surface area contributed by atoms with E-state index in [9.17, 15) is 14.0 Å². The number of primary amides is 1. The lowest BCUT2D eigenvalue weighted by Crippen LogP contribution is -2.35. The third-order valence-electron chi connectivity index (χ3n) is 2.70. The van der Waals surface area contributed by atoms with Crippen molar-refractivity contribution in [3.05, 3.63) is 53.2 Å². The highest BCUT2D eigenvalue weighted by Crippen LogP contribution is 2.29. The molecule has 0 bridgehead atoms. The summed E-state index contributed by atoms with van der Waals surface area (Å²) in [7, 11) is 1.00. The second kappa shape index (κ2) is 9.25. The van der Waals surface area contributed by atoms with E-state index in [2.05, 4.69) is 16.5 Å². The number of rotatable bonds is 4. The van der Waals surface area contributed by atoms with Crippen LogP contribution in [0.4, 0.5) is 9.18 Å². The molecule has 10 heteroatoms. The molecular formula is C15H15FN4O4S. The molecule has 0 atom stereocenters. The Morgan fingerprint density at radius 3 is 2.68 bits per heavy atom. The molecule has 0 unspecified atom stereocenters. The van der Waals surface area contributed by atoms with E-state index in [-0.39, 0.29) is 27.4 Å². The zero-order chi connectivity index (χ0) is 19.0. The molecule has 0 fully saturated rings. The van der Waals surface area contributed by atoms with E-state index < -0.39 is 17.8 Å². The summed E-state index contributed by atoms with van der Waals surface area (Å²) in [5.41, 5.74) is 5.07. The Morgan fingerprint density at radius 2 is 2.04 bits per heavy atom. The monoisotopic (exact) mass is 366 g/mol. The average Bonchev–Trinajstić information content (AvgIpc) is 2.60. The van der Waals surface area contributed by atoms with Crippen LogP contribution in [0, 0.1) is 10.5 Å². The van der Waals surface area contributed by atoms with Crippen LogP contribution in [0.2, 0.25) is 0 Å². The Kier molecular flexibility index (Phi) is 7.38. The molecular weight excluding hydrogens is 351 g/mol. The van der Waals surface area contributed by atoms with Gasteiger partial charge in [0.1, 0.15) is 5.75 Å². The molecule has 0 aliphatic rings. The number of aliphatic hydroxyl groups is 1. The fourth-order valence-electron chi connectivity index (χ4n) is 1.67. The van der Waals surface area contributed by atoms with Crippen molar-refractivity contribution in [2.45, 2.75) is 0 Å². The molecule has 1 aromatic heterocycles. The molecule has 1 heterocycles. The highest BCUT2D eigenvalue weighted by Gasteiger charge is 2.17. The average molecular weight is 366 g/mol. The van der Waals surface area contributed by atoms with Crippen molar-refractivity contribution in [2.75, 3.05) is 7.11 Å². The first-order valence-electron chi connectivity index (χ1n) is 6.65. The summed E-state index contributed by atoms with van der Waals surface area (Å²) < 4.78 is 19.0. The van der Waals surface area contributed by atoms with Crippen molar-refractivity contribution in [3.8, 4) is 11.6 Å². The van der Waals surface area contributed by atoms with Gasteiger partial charge in [-0.05, 0) is 6.07 Å². The minimum atomic E-state index is -1.01. The molecule has 2 rings (SSSR count). The van der Waals surface area contributed by atoms with E-state index >= 15 is 0 Å². The van der Waals surface area contributed by atoms with Crippen LogP contribution >= 0.6 is 12.2 Å². The predicted molar refractivity (Wildman–Crippen MR) is 90.8 cm³/mol. The maximum Gasteiger partial charge on any atom is 0.319 e. The molecule has 0 aliphatic carbocycles. The Morgan fingerprint density at radius 1 is 1.40 bits per heavy atom. The Labute approximate surface area is 147 Å². The van der Waals surface area contributed by atoms with Gasteiger partial charge < -0.3 is 20.6 Å². The van der Waals surface area contributed by atoms with E-state index in [4.69, 9.17) is 27.8 Å². The van der Waals surface area contributed by atoms with Crippen LogP contribution in [0.5, 0.6) is 11.6 Å². The standard InChI is InChI=1S/C14H11FN4O3S.CH4O/c1-7(11(20)19-14(16)21)8-4-2-3-5-9(8)22-12-10(15)13(23)18-6-17-12;1-2/h2-6H,1H2,(H,17,18,23)(H3,16,19,20,21);2H,1H3. The molecule has 0 radical (unpaired) electrons. The van der Waals surface area contributed by atoms with Crippen LogP contribution in [0.3, 0.4) is 0 Å². The lowest BCUT2D eigenvalue weighted by Gasteiger charge is -2.12. The number of imide groups is 1. The van der Waals surface area contributed by atoms with E-state index in [1.54, 1.807) is 12.1 Å². The topological polar surface area (TPSA) is 130 Å². The van der Waals surface area contributed by atoms with Gasteiger partial charge in [0.2, 0.25) is 11.7 Å². The van der Waals surface area contributed by atoms with E-state index in [1.807, 2.05) is 5.32 Å². The van der Waals surface area contributed by atoms with Crippen LogP contribution in [0.25, 0.3) is 5.57 Å².